The van der Waals surface area contributed by atoms with Gasteiger partial charge in [0, 0.05) is 12.2 Å². The minimum absolute atomic E-state index is 0.278. The number of amides is 1. The number of fused-ring (bicyclic) bond motifs is 1. The molecule has 22 heavy (non-hydrogen) atoms. The number of nitriles is 1. The van der Waals surface area contributed by atoms with E-state index < -0.39 is 5.41 Å². The zero-order valence-electron chi connectivity index (χ0n) is 13.4. The Labute approximate surface area is 138 Å². The Morgan fingerprint density at radius 2 is 2.14 bits per heavy atom. The minimum atomic E-state index is -0.645. The number of hydrogen-bond donors (Lipinski definition) is 2. The second kappa shape index (κ2) is 7.36. The molecule has 1 atom stereocenters. The Kier molecular flexibility index (Phi) is 6.06. The van der Waals surface area contributed by atoms with Crippen molar-refractivity contribution in [3.63, 3.8) is 0 Å². The lowest BCUT2D eigenvalue weighted by Crippen LogP contribution is -2.42. The van der Waals surface area contributed by atoms with E-state index in [0.717, 1.165) is 0 Å². The van der Waals surface area contributed by atoms with Crippen LogP contribution in [0, 0.1) is 16.7 Å². The maximum atomic E-state index is 12.3. The van der Waals surface area contributed by atoms with Crippen LogP contribution in [0.1, 0.15) is 45.0 Å². The molecule has 0 aliphatic rings. The summed E-state index contributed by atoms with van der Waals surface area (Å²) < 4.78 is 0.559. The number of rotatable bonds is 3. The lowest BCUT2D eigenvalue weighted by molar-refractivity contribution is 0.0921. The molecule has 0 saturated carbocycles. The molecular formula is C15H20BrN5O. The molecule has 2 heterocycles. The van der Waals surface area contributed by atoms with Gasteiger partial charge in [-0.15, -0.1) is 0 Å². The molecule has 7 heteroatoms. The summed E-state index contributed by atoms with van der Waals surface area (Å²) in [6, 6.07) is 1.89. The van der Waals surface area contributed by atoms with Crippen LogP contribution in [0.5, 0.6) is 0 Å². The largest absolute Gasteiger partial charge is 0.348 e. The van der Waals surface area contributed by atoms with Gasteiger partial charge in [0.1, 0.15) is 10.1 Å². The highest BCUT2D eigenvalue weighted by molar-refractivity contribution is 9.10. The summed E-state index contributed by atoms with van der Waals surface area (Å²) in [5.41, 5.74) is 0.812. The summed E-state index contributed by atoms with van der Waals surface area (Å²) in [5.74, 6) is -0.278. The van der Waals surface area contributed by atoms with Crippen molar-refractivity contribution in [3.05, 3.63) is 22.6 Å². The maximum absolute atomic E-state index is 12.3. The Morgan fingerprint density at radius 1 is 1.50 bits per heavy atom. The average Bonchev–Trinajstić information content (AvgIpc) is 2.92. The molecule has 0 spiro atoms. The SMILES string of the molecule is CC.CC(NC(=O)c1c[nH]c2ncc(Br)nc12)C(C)(C)C#N. The van der Waals surface area contributed by atoms with Crippen molar-refractivity contribution in [1.82, 2.24) is 20.3 Å². The molecule has 1 amide bonds. The van der Waals surface area contributed by atoms with Crippen LogP contribution >= 0.6 is 15.9 Å². The molecule has 0 aromatic carbocycles. The van der Waals surface area contributed by atoms with Crippen LogP contribution in [0.15, 0.2) is 17.0 Å². The van der Waals surface area contributed by atoms with Crippen LogP contribution in [-0.4, -0.2) is 26.9 Å². The van der Waals surface area contributed by atoms with Gasteiger partial charge in [0.05, 0.1) is 23.2 Å². The number of carbonyl (C=O) groups excluding carboxylic acids is 1. The van der Waals surface area contributed by atoms with Crippen molar-refractivity contribution in [2.45, 2.75) is 40.7 Å². The van der Waals surface area contributed by atoms with Crippen LogP contribution in [0.25, 0.3) is 11.2 Å². The molecule has 1 unspecified atom stereocenters. The highest BCUT2D eigenvalue weighted by Gasteiger charge is 2.28. The first-order valence-corrected chi connectivity index (χ1v) is 7.86. The number of aromatic nitrogens is 3. The summed E-state index contributed by atoms with van der Waals surface area (Å²) in [5, 5.41) is 11.9. The Hall–Kier alpha value is -1.94. The van der Waals surface area contributed by atoms with E-state index in [1.165, 1.54) is 0 Å². The van der Waals surface area contributed by atoms with Crippen LogP contribution < -0.4 is 5.32 Å². The fraction of sp³-hybridized carbons (Fsp3) is 0.467. The van der Waals surface area contributed by atoms with E-state index in [1.54, 1.807) is 33.2 Å². The van der Waals surface area contributed by atoms with Crippen LogP contribution in [0.2, 0.25) is 0 Å². The monoisotopic (exact) mass is 365 g/mol. The molecule has 0 radical (unpaired) electrons. The number of H-pyrrole nitrogens is 1. The van der Waals surface area contributed by atoms with Gasteiger partial charge in [-0.25, -0.2) is 9.97 Å². The van der Waals surface area contributed by atoms with Crippen molar-refractivity contribution in [2.75, 3.05) is 0 Å². The second-order valence-electron chi connectivity index (χ2n) is 5.12. The quantitative estimate of drug-likeness (QED) is 0.870. The minimum Gasteiger partial charge on any atom is -0.348 e. The molecule has 2 aromatic rings. The van der Waals surface area contributed by atoms with Crippen molar-refractivity contribution in [2.24, 2.45) is 5.41 Å². The van der Waals surface area contributed by atoms with E-state index in [1.807, 2.05) is 13.8 Å². The van der Waals surface area contributed by atoms with Crippen LogP contribution in [0.3, 0.4) is 0 Å². The summed E-state index contributed by atoms with van der Waals surface area (Å²) >= 11 is 3.23. The average molecular weight is 366 g/mol. The molecular weight excluding hydrogens is 346 g/mol. The Bertz CT molecular complexity index is 702. The number of aromatic amines is 1. The fourth-order valence-electron chi connectivity index (χ4n) is 1.59. The fourth-order valence-corrected chi connectivity index (χ4v) is 1.87. The predicted molar refractivity (Wildman–Crippen MR) is 89.3 cm³/mol. The zero-order chi connectivity index (χ0) is 16.9. The molecule has 0 aliphatic carbocycles. The molecule has 2 N–H and O–H groups in total. The van der Waals surface area contributed by atoms with Gasteiger partial charge in [0.2, 0.25) is 0 Å². The number of nitrogens with one attached hydrogen (secondary N) is 2. The van der Waals surface area contributed by atoms with Crippen molar-refractivity contribution in [1.29, 1.82) is 5.26 Å². The molecule has 2 rings (SSSR count). The van der Waals surface area contributed by atoms with Gasteiger partial charge in [0.25, 0.3) is 5.91 Å². The third kappa shape index (κ3) is 3.83. The van der Waals surface area contributed by atoms with Gasteiger partial charge in [0.15, 0.2) is 5.65 Å². The van der Waals surface area contributed by atoms with E-state index >= 15 is 0 Å². The van der Waals surface area contributed by atoms with Crippen LogP contribution in [0.4, 0.5) is 0 Å². The van der Waals surface area contributed by atoms with Gasteiger partial charge in [-0.2, -0.15) is 5.26 Å². The third-order valence-corrected chi connectivity index (χ3v) is 3.70. The van der Waals surface area contributed by atoms with Crippen molar-refractivity contribution < 1.29 is 4.79 Å². The van der Waals surface area contributed by atoms with Gasteiger partial charge in [-0.3, -0.25) is 4.79 Å². The highest BCUT2D eigenvalue weighted by Crippen LogP contribution is 2.21. The summed E-state index contributed by atoms with van der Waals surface area (Å²) in [4.78, 5) is 23.6. The second-order valence-corrected chi connectivity index (χ2v) is 5.93. The molecule has 2 aromatic heterocycles. The topological polar surface area (TPSA) is 94.5 Å². The predicted octanol–water partition coefficient (Wildman–Crippen LogP) is 3.41. The van der Waals surface area contributed by atoms with Crippen molar-refractivity contribution >= 4 is 33.0 Å². The first-order chi connectivity index (χ1) is 10.3. The van der Waals surface area contributed by atoms with Gasteiger partial charge >= 0.3 is 0 Å². The van der Waals surface area contributed by atoms with Crippen LogP contribution in [-0.2, 0) is 0 Å². The number of nitrogens with zero attached hydrogens (tertiary/aromatic N) is 3. The lowest BCUT2D eigenvalue weighted by atomic mass is 9.87. The highest BCUT2D eigenvalue weighted by atomic mass is 79.9. The first-order valence-electron chi connectivity index (χ1n) is 7.07. The van der Waals surface area contributed by atoms with Gasteiger partial charge in [-0.1, -0.05) is 13.8 Å². The Balaban J connectivity index is 0.00000116. The molecule has 0 aliphatic heterocycles. The van der Waals surface area contributed by atoms with E-state index in [2.05, 4.69) is 42.3 Å². The summed E-state index contributed by atoms with van der Waals surface area (Å²) in [6.07, 6.45) is 3.13. The lowest BCUT2D eigenvalue weighted by Gasteiger charge is -2.25. The molecule has 0 bridgehead atoms. The molecule has 6 nitrogen and oxygen atoms in total. The van der Waals surface area contributed by atoms with Crippen molar-refractivity contribution in [3.8, 4) is 6.07 Å². The normalized spacial score (nSPS) is 12.0. The number of hydrogen-bond acceptors (Lipinski definition) is 4. The molecule has 118 valence electrons. The maximum Gasteiger partial charge on any atom is 0.255 e. The number of halogens is 1. The summed E-state index contributed by atoms with van der Waals surface area (Å²) in [7, 11) is 0. The van der Waals surface area contributed by atoms with E-state index in [9.17, 15) is 4.79 Å². The van der Waals surface area contributed by atoms with E-state index in [-0.39, 0.29) is 11.9 Å². The van der Waals surface area contributed by atoms with E-state index in [4.69, 9.17) is 5.26 Å². The smallest absolute Gasteiger partial charge is 0.255 e. The van der Waals surface area contributed by atoms with E-state index in [0.29, 0.717) is 21.3 Å². The molecule has 0 saturated heterocycles. The third-order valence-electron chi connectivity index (χ3n) is 3.31. The molecule has 0 fully saturated rings. The number of carbonyl (C=O) groups is 1. The first kappa shape index (κ1) is 18.1. The standard InChI is InChI=1S/C13H14BrN5O.C2H6/c1-7(13(2,3)6-15)18-12(20)8-4-16-11-10(8)19-9(14)5-17-11;1-2/h4-5,7H,1-3H3,(H,16,17)(H,18,20);1-2H3. The van der Waals surface area contributed by atoms with Gasteiger partial charge in [-0.05, 0) is 36.7 Å². The zero-order valence-corrected chi connectivity index (χ0v) is 14.9. The Morgan fingerprint density at radius 3 is 2.73 bits per heavy atom. The summed E-state index contributed by atoms with van der Waals surface area (Å²) in [6.45, 7) is 9.37. The van der Waals surface area contributed by atoms with Gasteiger partial charge < -0.3 is 10.3 Å².